The molecular weight excluding hydrogens is 400 g/mol. The summed E-state index contributed by atoms with van der Waals surface area (Å²) in [6.07, 6.45) is 1.12. The maximum atomic E-state index is 12.5. The number of nitrogens with zero attached hydrogens (tertiary/aromatic N) is 1. The van der Waals surface area contributed by atoms with Crippen molar-refractivity contribution in [1.82, 2.24) is 4.98 Å². The lowest BCUT2D eigenvalue weighted by Crippen LogP contribution is -2.13. The van der Waals surface area contributed by atoms with Crippen LogP contribution in [0.1, 0.15) is 15.9 Å². The molecule has 144 valence electrons. The van der Waals surface area contributed by atoms with Gasteiger partial charge in [0, 0.05) is 22.8 Å². The van der Waals surface area contributed by atoms with E-state index in [9.17, 15) is 13.2 Å². The van der Waals surface area contributed by atoms with Crippen LogP contribution in [0.3, 0.4) is 0 Å². The zero-order valence-corrected chi connectivity index (χ0v) is 16.7. The Hall–Kier alpha value is -2.91. The van der Waals surface area contributed by atoms with E-state index in [1.54, 1.807) is 19.1 Å². The van der Waals surface area contributed by atoms with E-state index in [-0.39, 0.29) is 17.3 Å². The number of hydrogen-bond donors (Lipinski definition) is 1. The van der Waals surface area contributed by atoms with Gasteiger partial charge in [0.15, 0.2) is 26.5 Å². The molecule has 2 heterocycles. The molecular formula is C19H16N2O5S2. The van der Waals surface area contributed by atoms with Crippen LogP contribution in [0.5, 0.6) is 11.5 Å². The summed E-state index contributed by atoms with van der Waals surface area (Å²) in [5.74, 6) is 0.925. The highest BCUT2D eigenvalue weighted by atomic mass is 32.2. The molecule has 1 amide bonds. The molecule has 0 radical (unpaired) electrons. The van der Waals surface area contributed by atoms with Crippen molar-refractivity contribution in [3.05, 3.63) is 52.9 Å². The third-order valence-electron chi connectivity index (χ3n) is 4.24. The summed E-state index contributed by atoms with van der Waals surface area (Å²) in [7, 11) is -3.41. The first-order valence-electron chi connectivity index (χ1n) is 8.29. The molecule has 3 aromatic rings. The first-order chi connectivity index (χ1) is 13.3. The lowest BCUT2D eigenvalue weighted by molar-refractivity contribution is 0.102. The van der Waals surface area contributed by atoms with Gasteiger partial charge >= 0.3 is 0 Å². The van der Waals surface area contributed by atoms with Gasteiger partial charge in [0.1, 0.15) is 0 Å². The summed E-state index contributed by atoms with van der Waals surface area (Å²) in [4.78, 5) is 17.1. The van der Waals surface area contributed by atoms with E-state index in [0.29, 0.717) is 27.9 Å². The van der Waals surface area contributed by atoms with Gasteiger partial charge in [-0.1, -0.05) is 6.07 Å². The van der Waals surface area contributed by atoms with Crippen LogP contribution in [-0.4, -0.2) is 32.4 Å². The lowest BCUT2D eigenvalue weighted by Gasteiger charge is -2.07. The van der Waals surface area contributed by atoms with Gasteiger partial charge in [-0.25, -0.2) is 13.4 Å². The van der Waals surface area contributed by atoms with E-state index in [2.05, 4.69) is 10.3 Å². The third kappa shape index (κ3) is 3.58. The Bertz CT molecular complexity index is 1180. The van der Waals surface area contributed by atoms with Gasteiger partial charge < -0.3 is 9.47 Å². The molecule has 4 rings (SSSR count). The first-order valence-corrected chi connectivity index (χ1v) is 11.1. The molecule has 1 aromatic heterocycles. The van der Waals surface area contributed by atoms with Gasteiger partial charge in [0.05, 0.1) is 10.6 Å². The van der Waals surface area contributed by atoms with Crippen molar-refractivity contribution in [2.45, 2.75) is 11.8 Å². The normalized spacial score (nSPS) is 12.8. The van der Waals surface area contributed by atoms with Crippen LogP contribution in [0.15, 0.2) is 46.7 Å². The van der Waals surface area contributed by atoms with E-state index < -0.39 is 15.7 Å². The highest BCUT2D eigenvalue weighted by Gasteiger charge is 2.17. The van der Waals surface area contributed by atoms with Gasteiger partial charge in [-0.3, -0.25) is 10.1 Å². The molecule has 7 nitrogen and oxygen atoms in total. The minimum absolute atomic E-state index is 0.139. The Morgan fingerprint density at radius 2 is 1.93 bits per heavy atom. The molecule has 1 aliphatic rings. The Labute approximate surface area is 165 Å². The van der Waals surface area contributed by atoms with Crippen LogP contribution in [0.2, 0.25) is 0 Å². The van der Waals surface area contributed by atoms with Crippen molar-refractivity contribution in [3.8, 4) is 22.8 Å². The Balaban J connectivity index is 1.55. The molecule has 0 fully saturated rings. The Morgan fingerprint density at radius 3 is 2.71 bits per heavy atom. The summed E-state index contributed by atoms with van der Waals surface area (Å²) >= 11 is 1.28. The number of carbonyl (C=O) groups is 1. The number of anilines is 1. The van der Waals surface area contributed by atoms with Gasteiger partial charge in [0.2, 0.25) is 6.79 Å². The molecule has 2 aromatic carbocycles. The zero-order chi connectivity index (χ0) is 19.9. The number of carbonyl (C=O) groups excluding carboxylic acids is 1. The largest absolute Gasteiger partial charge is 0.454 e. The predicted molar refractivity (Wildman–Crippen MR) is 106 cm³/mol. The number of thiazole rings is 1. The molecule has 0 aliphatic carbocycles. The minimum atomic E-state index is -3.41. The molecule has 9 heteroatoms. The number of aromatic nitrogens is 1. The summed E-state index contributed by atoms with van der Waals surface area (Å²) in [5.41, 5.74) is 2.39. The predicted octanol–water partition coefficient (Wildman–Crippen LogP) is 3.50. The van der Waals surface area contributed by atoms with Gasteiger partial charge in [0.25, 0.3) is 5.91 Å². The SMILES string of the molecule is Cc1ccc(C(=O)Nc2nc(-c3ccc4c(c3)OCO4)cs2)cc1S(C)(=O)=O. The van der Waals surface area contributed by atoms with E-state index in [1.807, 2.05) is 23.6 Å². The number of amides is 1. The van der Waals surface area contributed by atoms with Crippen LogP contribution >= 0.6 is 11.3 Å². The van der Waals surface area contributed by atoms with Crippen molar-refractivity contribution in [3.63, 3.8) is 0 Å². The standard InChI is InChI=1S/C19H16N2O5S2/c1-11-3-4-13(8-17(11)28(2,23)24)18(22)21-19-20-14(9-27-19)12-5-6-15-16(7-12)26-10-25-15/h3-9H,10H2,1-2H3,(H,20,21,22). The van der Waals surface area contributed by atoms with Crippen LogP contribution in [0.25, 0.3) is 11.3 Å². The van der Waals surface area contributed by atoms with Gasteiger partial charge in [-0.15, -0.1) is 11.3 Å². The van der Waals surface area contributed by atoms with E-state index in [0.717, 1.165) is 11.8 Å². The van der Waals surface area contributed by atoms with Crippen LogP contribution < -0.4 is 14.8 Å². The van der Waals surface area contributed by atoms with E-state index in [4.69, 9.17) is 9.47 Å². The smallest absolute Gasteiger partial charge is 0.257 e. The second kappa shape index (κ2) is 6.92. The second-order valence-corrected chi connectivity index (χ2v) is 9.15. The summed E-state index contributed by atoms with van der Waals surface area (Å²) < 4.78 is 34.4. The number of nitrogens with one attached hydrogen (secondary N) is 1. The molecule has 0 saturated heterocycles. The summed E-state index contributed by atoms with van der Waals surface area (Å²) in [5, 5.41) is 4.96. The fourth-order valence-electron chi connectivity index (χ4n) is 2.83. The first kappa shape index (κ1) is 18.5. The van der Waals surface area contributed by atoms with Gasteiger partial charge in [-0.2, -0.15) is 0 Å². The van der Waals surface area contributed by atoms with Crippen molar-refractivity contribution < 1.29 is 22.7 Å². The summed E-state index contributed by atoms with van der Waals surface area (Å²) in [6.45, 7) is 1.89. The molecule has 28 heavy (non-hydrogen) atoms. The zero-order valence-electron chi connectivity index (χ0n) is 15.1. The summed E-state index contributed by atoms with van der Waals surface area (Å²) in [6, 6.07) is 10.1. The van der Waals surface area contributed by atoms with Crippen LogP contribution in [0.4, 0.5) is 5.13 Å². The van der Waals surface area contributed by atoms with E-state index in [1.165, 1.54) is 17.4 Å². The number of rotatable bonds is 4. The Morgan fingerprint density at radius 1 is 1.14 bits per heavy atom. The third-order valence-corrected chi connectivity index (χ3v) is 6.24. The maximum absolute atomic E-state index is 12.5. The highest BCUT2D eigenvalue weighted by molar-refractivity contribution is 7.90. The molecule has 1 aliphatic heterocycles. The number of sulfone groups is 1. The topological polar surface area (TPSA) is 94.6 Å². The molecule has 0 bridgehead atoms. The molecule has 1 N–H and O–H groups in total. The molecule has 0 saturated carbocycles. The second-order valence-electron chi connectivity index (χ2n) is 6.31. The maximum Gasteiger partial charge on any atom is 0.257 e. The van der Waals surface area contributed by atoms with Crippen molar-refractivity contribution >= 4 is 32.2 Å². The quantitative estimate of drug-likeness (QED) is 0.699. The number of aryl methyl sites for hydroxylation is 1. The molecule has 0 spiro atoms. The average molecular weight is 416 g/mol. The minimum Gasteiger partial charge on any atom is -0.454 e. The Kier molecular flexibility index (Phi) is 4.56. The fraction of sp³-hybridized carbons (Fsp3) is 0.158. The monoisotopic (exact) mass is 416 g/mol. The van der Waals surface area contributed by atoms with Crippen molar-refractivity contribution in [1.29, 1.82) is 0 Å². The molecule has 0 atom stereocenters. The van der Waals surface area contributed by atoms with Crippen LogP contribution in [-0.2, 0) is 9.84 Å². The molecule has 0 unspecified atom stereocenters. The fourth-order valence-corrected chi connectivity index (χ4v) is 4.54. The van der Waals surface area contributed by atoms with Gasteiger partial charge in [-0.05, 0) is 42.8 Å². The van der Waals surface area contributed by atoms with Crippen LogP contribution in [0, 0.1) is 6.92 Å². The van der Waals surface area contributed by atoms with E-state index >= 15 is 0 Å². The number of benzene rings is 2. The van der Waals surface area contributed by atoms with Crippen molar-refractivity contribution in [2.24, 2.45) is 0 Å². The number of hydrogen-bond acceptors (Lipinski definition) is 7. The number of fused-ring (bicyclic) bond motifs is 1. The average Bonchev–Trinajstić information content (AvgIpc) is 3.29. The number of ether oxygens (including phenoxy) is 2. The van der Waals surface area contributed by atoms with Crippen molar-refractivity contribution in [2.75, 3.05) is 18.4 Å². The lowest BCUT2D eigenvalue weighted by atomic mass is 10.1. The highest BCUT2D eigenvalue weighted by Crippen LogP contribution is 2.36.